The van der Waals surface area contributed by atoms with Crippen molar-refractivity contribution in [2.24, 2.45) is 5.73 Å². The molecule has 0 bridgehead atoms. The molecule has 4 nitrogen and oxygen atoms in total. The first kappa shape index (κ1) is 13.1. The Bertz CT molecular complexity index is 552. The summed E-state index contributed by atoms with van der Waals surface area (Å²) in [5, 5.41) is 0. The number of oxazole rings is 1. The van der Waals surface area contributed by atoms with E-state index in [2.05, 4.69) is 20.9 Å². The summed E-state index contributed by atoms with van der Waals surface area (Å²) in [7, 11) is 1.64. The van der Waals surface area contributed by atoms with Crippen LogP contribution in [0.3, 0.4) is 0 Å². The molecule has 5 heteroatoms. The molecule has 0 aliphatic rings. The average Bonchev–Trinajstić information content (AvgIpc) is 2.70. The van der Waals surface area contributed by atoms with Crippen LogP contribution in [0.15, 0.2) is 27.1 Å². The second-order valence-corrected chi connectivity index (χ2v) is 4.82. The number of nitrogens with zero attached hydrogens (tertiary/aromatic N) is 1. The zero-order valence-electron chi connectivity index (χ0n) is 10.4. The van der Waals surface area contributed by atoms with E-state index in [1.807, 2.05) is 25.1 Å². The van der Waals surface area contributed by atoms with Crippen molar-refractivity contribution in [3.63, 3.8) is 0 Å². The standard InChI is InChI=1S/C13H15BrN2O2/c1-8-13(18-12(16-8)5-6-15)10-7-9(14)3-4-11(10)17-2/h3-4,7H,5-6,15H2,1-2H3. The molecule has 0 unspecified atom stereocenters. The topological polar surface area (TPSA) is 61.3 Å². The van der Waals surface area contributed by atoms with Gasteiger partial charge < -0.3 is 14.9 Å². The van der Waals surface area contributed by atoms with Gasteiger partial charge in [-0.1, -0.05) is 15.9 Å². The Morgan fingerprint density at radius 3 is 2.89 bits per heavy atom. The van der Waals surface area contributed by atoms with Gasteiger partial charge in [0.15, 0.2) is 11.7 Å². The Labute approximate surface area is 114 Å². The van der Waals surface area contributed by atoms with Crippen molar-refractivity contribution in [2.45, 2.75) is 13.3 Å². The van der Waals surface area contributed by atoms with Crippen molar-refractivity contribution in [1.29, 1.82) is 0 Å². The molecule has 96 valence electrons. The molecule has 0 aliphatic carbocycles. The lowest BCUT2D eigenvalue weighted by Crippen LogP contribution is -2.02. The first-order valence-electron chi connectivity index (χ1n) is 5.66. The van der Waals surface area contributed by atoms with Crippen molar-refractivity contribution in [1.82, 2.24) is 4.98 Å². The van der Waals surface area contributed by atoms with Crippen LogP contribution in [-0.2, 0) is 6.42 Å². The summed E-state index contributed by atoms with van der Waals surface area (Å²) in [6.07, 6.45) is 0.636. The maximum absolute atomic E-state index is 5.75. The quantitative estimate of drug-likeness (QED) is 0.943. The minimum absolute atomic E-state index is 0.523. The van der Waals surface area contributed by atoms with Crippen molar-refractivity contribution >= 4 is 15.9 Å². The lowest BCUT2D eigenvalue weighted by atomic mass is 10.1. The van der Waals surface area contributed by atoms with Gasteiger partial charge in [0.1, 0.15) is 5.75 Å². The Morgan fingerprint density at radius 2 is 2.22 bits per heavy atom. The van der Waals surface area contributed by atoms with Gasteiger partial charge in [0.25, 0.3) is 0 Å². The fraction of sp³-hybridized carbons (Fsp3) is 0.308. The summed E-state index contributed by atoms with van der Waals surface area (Å²) >= 11 is 3.45. The summed E-state index contributed by atoms with van der Waals surface area (Å²) in [6, 6.07) is 5.78. The van der Waals surface area contributed by atoms with Crippen LogP contribution in [0.25, 0.3) is 11.3 Å². The van der Waals surface area contributed by atoms with E-state index in [0.29, 0.717) is 18.9 Å². The first-order valence-corrected chi connectivity index (χ1v) is 6.45. The van der Waals surface area contributed by atoms with E-state index in [1.54, 1.807) is 7.11 Å². The molecule has 0 saturated carbocycles. The molecular formula is C13H15BrN2O2. The number of ether oxygens (including phenoxy) is 1. The lowest BCUT2D eigenvalue weighted by molar-refractivity contribution is 0.413. The molecule has 0 amide bonds. The largest absolute Gasteiger partial charge is 0.496 e. The fourth-order valence-electron chi connectivity index (χ4n) is 1.79. The summed E-state index contributed by atoms with van der Waals surface area (Å²) in [5.41, 5.74) is 7.24. The van der Waals surface area contributed by atoms with E-state index < -0.39 is 0 Å². The number of benzene rings is 1. The van der Waals surface area contributed by atoms with Crippen LogP contribution >= 0.6 is 15.9 Å². The number of nitrogens with two attached hydrogens (primary N) is 1. The van der Waals surface area contributed by atoms with Gasteiger partial charge in [0.2, 0.25) is 0 Å². The van der Waals surface area contributed by atoms with Crippen LogP contribution in [0.1, 0.15) is 11.6 Å². The van der Waals surface area contributed by atoms with Crippen molar-refractivity contribution in [3.8, 4) is 17.1 Å². The van der Waals surface area contributed by atoms with Gasteiger partial charge in [-0.2, -0.15) is 0 Å². The molecule has 1 aromatic carbocycles. The highest BCUT2D eigenvalue weighted by atomic mass is 79.9. The van der Waals surface area contributed by atoms with E-state index in [1.165, 1.54) is 0 Å². The van der Waals surface area contributed by atoms with Crippen molar-refractivity contribution in [3.05, 3.63) is 34.3 Å². The predicted molar refractivity (Wildman–Crippen MR) is 73.7 cm³/mol. The molecule has 0 atom stereocenters. The maximum atomic E-state index is 5.75. The molecule has 0 aliphatic heterocycles. The third-order valence-electron chi connectivity index (χ3n) is 2.61. The van der Waals surface area contributed by atoms with Crippen LogP contribution in [0.4, 0.5) is 0 Å². The summed E-state index contributed by atoms with van der Waals surface area (Å²) < 4.78 is 12.1. The SMILES string of the molecule is COc1ccc(Br)cc1-c1oc(CCN)nc1C. The molecule has 0 spiro atoms. The zero-order chi connectivity index (χ0) is 13.1. The van der Waals surface area contributed by atoms with Gasteiger partial charge in [-0.15, -0.1) is 0 Å². The highest BCUT2D eigenvalue weighted by molar-refractivity contribution is 9.10. The third kappa shape index (κ3) is 2.57. The number of halogens is 1. The van der Waals surface area contributed by atoms with Crippen molar-refractivity contribution < 1.29 is 9.15 Å². The van der Waals surface area contributed by atoms with Gasteiger partial charge in [-0.25, -0.2) is 4.98 Å². The summed E-state index contributed by atoms with van der Waals surface area (Å²) in [5.74, 6) is 2.15. The smallest absolute Gasteiger partial charge is 0.196 e. The molecule has 1 aromatic heterocycles. The summed E-state index contributed by atoms with van der Waals surface area (Å²) in [6.45, 7) is 2.44. The Morgan fingerprint density at radius 1 is 1.44 bits per heavy atom. The first-order chi connectivity index (χ1) is 8.65. The summed E-state index contributed by atoms with van der Waals surface area (Å²) in [4.78, 5) is 4.36. The number of rotatable bonds is 4. The van der Waals surface area contributed by atoms with Gasteiger partial charge in [-0.3, -0.25) is 0 Å². The highest BCUT2D eigenvalue weighted by Gasteiger charge is 2.15. The monoisotopic (exact) mass is 310 g/mol. The van der Waals surface area contributed by atoms with Gasteiger partial charge in [0, 0.05) is 17.4 Å². The average molecular weight is 311 g/mol. The molecule has 0 fully saturated rings. The van der Waals surface area contributed by atoms with E-state index in [4.69, 9.17) is 14.9 Å². The van der Waals surface area contributed by atoms with Crippen LogP contribution in [0.5, 0.6) is 5.75 Å². The van der Waals surface area contributed by atoms with Crippen molar-refractivity contribution in [2.75, 3.05) is 13.7 Å². The number of aryl methyl sites for hydroxylation is 1. The molecule has 18 heavy (non-hydrogen) atoms. The minimum Gasteiger partial charge on any atom is -0.496 e. The fourth-order valence-corrected chi connectivity index (χ4v) is 2.15. The second kappa shape index (κ2) is 5.54. The molecule has 0 radical (unpaired) electrons. The van der Waals surface area contributed by atoms with Gasteiger partial charge >= 0.3 is 0 Å². The lowest BCUT2D eigenvalue weighted by Gasteiger charge is -2.06. The second-order valence-electron chi connectivity index (χ2n) is 3.91. The normalized spacial score (nSPS) is 10.7. The van der Waals surface area contributed by atoms with E-state index in [9.17, 15) is 0 Å². The van der Waals surface area contributed by atoms with E-state index in [-0.39, 0.29) is 0 Å². The molecule has 2 rings (SSSR count). The predicted octanol–water partition coefficient (Wildman–Crippen LogP) is 2.92. The number of methoxy groups -OCH3 is 1. The van der Waals surface area contributed by atoms with Gasteiger partial charge in [0.05, 0.1) is 18.4 Å². The van der Waals surface area contributed by atoms with Crippen LogP contribution in [-0.4, -0.2) is 18.6 Å². The molecular weight excluding hydrogens is 296 g/mol. The number of hydrogen-bond donors (Lipinski definition) is 1. The van der Waals surface area contributed by atoms with E-state index >= 15 is 0 Å². The Hall–Kier alpha value is -1.33. The van der Waals surface area contributed by atoms with Gasteiger partial charge in [-0.05, 0) is 25.1 Å². The van der Waals surface area contributed by atoms with Crippen LogP contribution in [0, 0.1) is 6.92 Å². The third-order valence-corrected chi connectivity index (χ3v) is 3.10. The zero-order valence-corrected chi connectivity index (χ0v) is 12.0. The minimum atomic E-state index is 0.523. The van der Waals surface area contributed by atoms with E-state index in [0.717, 1.165) is 27.2 Å². The number of aromatic nitrogens is 1. The molecule has 1 heterocycles. The molecule has 2 aromatic rings. The van der Waals surface area contributed by atoms with Crippen LogP contribution in [0.2, 0.25) is 0 Å². The molecule has 2 N–H and O–H groups in total. The van der Waals surface area contributed by atoms with Crippen LogP contribution < -0.4 is 10.5 Å². The Balaban J connectivity index is 2.50. The maximum Gasteiger partial charge on any atom is 0.196 e. The Kier molecular flexibility index (Phi) is 4.04. The molecule has 0 saturated heterocycles. The number of hydrogen-bond acceptors (Lipinski definition) is 4. The highest BCUT2D eigenvalue weighted by Crippen LogP contribution is 2.35.